The molecule has 0 aromatic heterocycles. The Balaban J connectivity index is 2.57. The first kappa shape index (κ1) is 18.1. The molecule has 0 radical (unpaired) electrons. The molecule has 0 aliphatic rings. The highest BCUT2D eigenvalue weighted by atomic mass is 19.4. The van der Waals surface area contributed by atoms with Gasteiger partial charge in [-0.3, -0.25) is 4.99 Å². The van der Waals surface area contributed by atoms with Gasteiger partial charge in [0.2, 0.25) is 0 Å². The van der Waals surface area contributed by atoms with Gasteiger partial charge in [-0.25, -0.2) is 0 Å². The molecule has 0 spiro atoms. The fourth-order valence-electron chi connectivity index (χ4n) is 1.73. The number of unbranched alkanes of at least 4 members (excludes halogenated alkanes) is 1. The molecule has 1 rings (SSSR count). The van der Waals surface area contributed by atoms with Gasteiger partial charge in [-0.2, -0.15) is 13.2 Å². The molecular weight excluding hydrogens is 295 g/mol. The van der Waals surface area contributed by atoms with Crippen molar-refractivity contribution in [1.82, 2.24) is 10.6 Å². The predicted octanol–water partition coefficient (Wildman–Crippen LogP) is 3.09. The van der Waals surface area contributed by atoms with Crippen molar-refractivity contribution in [3.63, 3.8) is 0 Å². The smallest absolute Gasteiger partial charge is 0.422 e. The highest BCUT2D eigenvalue weighted by Crippen LogP contribution is 2.21. The number of para-hydroxylation sites is 1. The van der Waals surface area contributed by atoms with E-state index in [1.54, 1.807) is 25.2 Å². The van der Waals surface area contributed by atoms with Crippen molar-refractivity contribution in [2.45, 2.75) is 32.5 Å². The molecule has 2 N–H and O–H groups in total. The van der Waals surface area contributed by atoms with Crippen molar-refractivity contribution in [2.75, 3.05) is 20.2 Å². The Morgan fingerprint density at radius 1 is 1.23 bits per heavy atom. The fraction of sp³-hybridized carbons (Fsp3) is 0.533. The Labute approximate surface area is 128 Å². The largest absolute Gasteiger partial charge is 0.484 e. The maximum atomic E-state index is 12.2. The summed E-state index contributed by atoms with van der Waals surface area (Å²) in [5, 5.41) is 6.19. The third-order valence-corrected chi connectivity index (χ3v) is 2.86. The number of ether oxygens (including phenoxy) is 1. The van der Waals surface area contributed by atoms with Crippen LogP contribution < -0.4 is 15.4 Å². The van der Waals surface area contributed by atoms with Crippen LogP contribution >= 0.6 is 0 Å². The number of nitrogens with one attached hydrogen (secondary N) is 2. The van der Waals surface area contributed by atoms with Crippen molar-refractivity contribution in [2.24, 2.45) is 4.99 Å². The topological polar surface area (TPSA) is 45.7 Å². The van der Waals surface area contributed by atoms with Crippen LogP contribution in [-0.2, 0) is 6.54 Å². The molecule has 7 heteroatoms. The van der Waals surface area contributed by atoms with E-state index in [0.717, 1.165) is 19.4 Å². The van der Waals surface area contributed by atoms with Gasteiger partial charge in [0.05, 0.1) is 0 Å². The number of benzene rings is 1. The first-order valence-electron chi connectivity index (χ1n) is 7.18. The molecular formula is C15H22F3N3O. The highest BCUT2D eigenvalue weighted by molar-refractivity contribution is 5.79. The van der Waals surface area contributed by atoms with E-state index in [1.807, 2.05) is 0 Å². The molecule has 0 aliphatic carbocycles. The lowest BCUT2D eigenvalue weighted by Gasteiger charge is -2.15. The number of aliphatic imine (C=N–C) groups is 1. The van der Waals surface area contributed by atoms with Crippen molar-refractivity contribution in [3.8, 4) is 5.75 Å². The van der Waals surface area contributed by atoms with Crippen LogP contribution in [0, 0.1) is 0 Å². The molecule has 0 heterocycles. The van der Waals surface area contributed by atoms with Crippen LogP contribution in [-0.4, -0.2) is 32.3 Å². The Morgan fingerprint density at radius 2 is 1.95 bits per heavy atom. The van der Waals surface area contributed by atoms with Crippen molar-refractivity contribution in [1.29, 1.82) is 0 Å². The van der Waals surface area contributed by atoms with Gasteiger partial charge < -0.3 is 15.4 Å². The van der Waals surface area contributed by atoms with Crippen molar-refractivity contribution in [3.05, 3.63) is 29.8 Å². The maximum absolute atomic E-state index is 12.2. The first-order chi connectivity index (χ1) is 10.5. The standard InChI is InChI=1S/C15H22F3N3O/c1-3-4-9-20-14(19-2)21-10-12-7-5-6-8-13(12)22-11-15(16,17)18/h5-8H,3-4,9-11H2,1-2H3,(H2,19,20,21). The van der Waals surface area contributed by atoms with E-state index in [1.165, 1.54) is 6.07 Å². The van der Waals surface area contributed by atoms with Crippen LogP contribution in [0.5, 0.6) is 5.75 Å². The zero-order valence-electron chi connectivity index (χ0n) is 12.8. The Hall–Kier alpha value is -1.92. The van der Waals surface area contributed by atoms with Gasteiger partial charge in [-0.05, 0) is 12.5 Å². The van der Waals surface area contributed by atoms with Gasteiger partial charge in [0.1, 0.15) is 5.75 Å². The van der Waals surface area contributed by atoms with Crippen molar-refractivity contribution < 1.29 is 17.9 Å². The van der Waals surface area contributed by atoms with E-state index in [0.29, 0.717) is 18.1 Å². The molecule has 0 aliphatic heterocycles. The summed E-state index contributed by atoms with van der Waals surface area (Å²) in [6.45, 7) is 1.92. The van der Waals surface area contributed by atoms with Gasteiger partial charge in [-0.15, -0.1) is 0 Å². The molecule has 22 heavy (non-hydrogen) atoms. The predicted molar refractivity (Wildman–Crippen MR) is 81.1 cm³/mol. The SMILES string of the molecule is CCCCNC(=NC)NCc1ccccc1OCC(F)(F)F. The molecule has 4 nitrogen and oxygen atoms in total. The summed E-state index contributed by atoms with van der Waals surface area (Å²) in [5.74, 6) is 0.829. The van der Waals surface area contributed by atoms with Crippen LogP contribution in [0.4, 0.5) is 13.2 Å². The van der Waals surface area contributed by atoms with Gasteiger partial charge in [0.25, 0.3) is 0 Å². The first-order valence-corrected chi connectivity index (χ1v) is 7.18. The van der Waals surface area contributed by atoms with Gasteiger partial charge in [0.15, 0.2) is 12.6 Å². The third kappa shape index (κ3) is 7.19. The van der Waals surface area contributed by atoms with Crippen LogP contribution in [0.3, 0.4) is 0 Å². The average molecular weight is 317 g/mol. The molecule has 124 valence electrons. The number of halogens is 3. The Bertz CT molecular complexity index is 475. The summed E-state index contributed by atoms with van der Waals surface area (Å²) in [4.78, 5) is 4.06. The molecule has 1 aromatic rings. The van der Waals surface area contributed by atoms with E-state index in [4.69, 9.17) is 4.74 Å². The molecule has 1 aromatic carbocycles. The van der Waals surface area contributed by atoms with Crippen LogP contribution in [0.25, 0.3) is 0 Å². The van der Waals surface area contributed by atoms with Gasteiger partial charge in [-0.1, -0.05) is 31.5 Å². The zero-order chi connectivity index (χ0) is 16.4. The molecule has 0 fully saturated rings. The summed E-state index contributed by atoms with van der Waals surface area (Å²) in [6.07, 6.45) is -2.26. The highest BCUT2D eigenvalue weighted by Gasteiger charge is 2.28. The lowest BCUT2D eigenvalue weighted by molar-refractivity contribution is -0.153. The average Bonchev–Trinajstić information content (AvgIpc) is 2.48. The van der Waals surface area contributed by atoms with E-state index in [9.17, 15) is 13.2 Å². The number of hydrogen-bond acceptors (Lipinski definition) is 2. The third-order valence-electron chi connectivity index (χ3n) is 2.86. The van der Waals surface area contributed by atoms with Crippen molar-refractivity contribution >= 4 is 5.96 Å². The minimum absolute atomic E-state index is 0.219. The summed E-state index contributed by atoms with van der Waals surface area (Å²) < 4.78 is 41.6. The number of hydrogen-bond donors (Lipinski definition) is 2. The lowest BCUT2D eigenvalue weighted by atomic mass is 10.2. The molecule has 0 saturated heterocycles. The number of guanidine groups is 1. The normalized spacial score (nSPS) is 12.1. The maximum Gasteiger partial charge on any atom is 0.422 e. The molecule has 0 saturated carbocycles. The Kier molecular flexibility index (Phi) is 7.56. The van der Waals surface area contributed by atoms with E-state index < -0.39 is 12.8 Å². The summed E-state index contributed by atoms with van der Waals surface area (Å²) in [5.41, 5.74) is 0.644. The molecule has 0 amide bonds. The second-order valence-corrected chi connectivity index (χ2v) is 4.72. The zero-order valence-corrected chi connectivity index (χ0v) is 12.8. The van der Waals surface area contributed by atoms with Gasteiger partial charge in [0, 0.05) is 25.7 Å². The molecule has 0 atom stereocenters. The number of rotatable bonds is 7. The van der Waals surface area contributed by atoms with Crippen LogP contribution in [0.2, 0.25) is 0 Å². The fourth-order valence-corrected chi connectivity index (χ4v) is 1.73. The molecule has 0 bridgehead atoms. The minimum Gasteiger partial charge on any atom is -0.484 e. The second-order valence-electron chi connectivity index (χ2n) is 4.72. The van der Waals surface area contributed by atoms with Gasteiger partial charge >= 0.3 is 6.18 Å². The second kappa shape index (κ2) is 9.17. The lowest BCUT2D eigenvalue weighted by Crippen LogP contribution is -2.37. The van der Waals surface area contributed by atoms with Crippen LogP contribution in [0.1, 0.15) is 25.3 Å². The number of alkyl halides is 3. The minimum atomic E-state index is -4.35. The van der Waals surface area contributed by atoms with E-state index in [2.05, 4.69) is 22.5 Å². The summed E-state index contributed by atoms with van der Waals surface area (Å²) >= 11 is 0. The summed E-state index contributed by atoms with van der Waals surface area (Å²) in [7, 11) is 1.65. The monoisotopic (exact) mass is 317 g/mol. The summed E-state index contributed by atoms with van der Waals surface area (Å²) in [6, 6.07) is 6.64. The van der Waals surface area contributed by atoms with E-state index in [-0.39, 0.29) is 5.75 Å². The van der Waals surface area contributed by atoms with E-state index >= 15 is 0 Å². The number of nitrogens with zero attached hydrogens (tertiary/aromatic N) is 1. The van der Waals surface area contributed by atoms with Crippen LogP contribution in [0.15, 0.2) is 29.3 Å². The Morgan fingerprint density at radius 3 is 2.59 bits per heavy atom. The molecule has 0 unspecified atom stereocenters. The quantitative estimate of drug-likeness (QED) is 0.461.